The van der Waals surface area contributed by atoms with Gasteiger partial charge in [-0.25, -0.2) is 4.98 Å². The lowest BCUT2D eigenvalue weighted by atomic mass is 10.2. The van der Waals surface area contributed by atoms with Gasteiger partial charge in [-0.3, -0.25) is 9.69 Å². The number of anilines is 1. The van der Waals surface area contributed by atoms with Crippen molar-refractivity contribution >= 4 is 22.9 Å². The monoisotopic (exact) mass is 346 g/mol. The van der Waals surface area contributed by atoms with E-state index >= 15 is 0 Å². The Balaban J connectivity index is 1.94. The number of hydrogen-bond acceptors (Lipinski definition) is 5. The summed E-state index contributed by atoms with van der Waals surface area (Å²) in [7, 11) is 0. The molecule has 0 unspecified atom stereocenters. The van der Waals surface area contributed by atoms with Gasteiger partial charge in [0.05, 0.1) is 0 Å². The number of amides is 1. The first-order valence-corrected chi connectivity index (χ1v) is 9.12. The topological polar surface area (TPSA) is 71.2 Å². The normalized spacial score (nSPS) is 11.5. The molecule has 0 radical (unpaired) electrons. The fourth-order valence-electron chi connectivity index (χ4n) is 2.68. The second kappa shape index (κ2) is 8.26. The predicted molar refractivity (Wildman–Crippen MR) is 101 cm³/mol. The van der Waals surface area contributed by atoms with Crippen LogP contribution in [0.4, 0.5) is 5.69 Å². The molecule has 0 aliphatic carbocycles. The highest BCUT2D eigenvalue weighted by atomic mass is 32.1. The highest BCUT2D eigenvalue weighted by Gasteiger charge is 2.15. The number of carbonyl (C=O) groups is 1. The number of nitrogens with two attached hydrogens (primary N) is 1. The van der Waals surface area contributed by atoms with Crippen molar-refractivity contribution < 1.29 is 4.79 Å². The van der Waals surface area contributed by atoms with E-state index in [1.54, 1.807) is 5.38 Å². The molecule has 0 fully saturated rings. The van der Waals surface area contributed by atoms with Crippen LogP contribution < -0.4 is 11.1 Å². The van der Waals surface area contributed by atoms with E-state index in [2.05, 4.69) is 42.9 Å². The van der Waals surface area contributed by atoms with Crippen LogP contribution in [0.5, 0.6) is 0 Å². The first kappa shape index (κ1) is 18.4. The summed E-state index contributed by atoms with van der Waals surface area (Å²) in [5, 5.41) is 5.55. The molecule has 0 saturated heterocycles. The Bertz CT molecular complexity index is 673. The fraction of sp³-hybridized carbons (Fsp3) is 0.444. The number of thiazole rings is 1. The molecule has 0 bridgehead atoms. The Hall–Kier alpha value is -1.92. The molecule has 24 heavy (non-hydrogen) atoms. The van der Waals surface area contributed by atoms with Crippen molar-refractivity contribution in [3.63, 3.8) is 0 Å². The summed E-state index contributed by atoms with van der Waals surface area (Å²) in [4.78, 5) is 19.0. The van der Waals surface area contributed by atoms with Gasteiger partial charge in [0.25, 0.3) is 5.91 Å². The maximum atomic E-state index is 12.3. The van der Waals surface area contributed by atoms with Gasteiger partial charge < -0.3 is 11.1 Å². The van der Waals surface area contributed by atoms with E-state index in [-0.39, 0.29) is 5.91 Å². The molecule has 1 amide bonds. The molecular weight excluding hydrogens is 320 g/mol. The van der Waals surface area contributed by atoms with Crippen molar-refractivity contribution in [2.75, 3.05) is 18.8 Å². The van der Waals surface area contributed by atoms with Gasteiger partial charge in [-0.15, -0.1) is 11.3 Å². The van der Waals surface area contributed by atoms with Crippen molar-refractivity contribution in [1.82, 2.24) is 15.2 Å². The molecule has 1 aromatic carbocycles. The molecule has 3 N–H and O–H groups in total. The van der Waals surface area contributed by atoms with Gasteiger partial charge in [0, 0.05) is 41.8 Å². The minimum absolute atomic E-state index is 0.131. The third-order valence-corrected chi connectivity index (χ3v) is 4.74. The van der Waals surface area contributed by atoms with Crippen LogP contribution in [-0.2, 0) is 0 Å². The average molecular weight is 347 g/mol. The number of hydrogen-bond donors (Lipinski definition) is 2. The Labute approximate surface area is 147 Å². The third kappa shape index (κ3) is 4.79. The Morgan fingerprint density at radius 1 is 1.29 bits per heavy atom. The van der Waals surface area contributed by atoms with Gasteiger partial charge in [0.1, 0.15) is 10.7 Å². The summed E-state index contributed by atoms with van der Waals surface area (Å²) in [6, 6.07) is 8.44. The molecule has 2 aromatic rings. The average Bonchev–Trinajstić information content (AvgIpc) is 3.00. The maximum absolute atomic E-state index is 12.3. The summed E-state index contributed by atoms with van der Waals surface area (Å²) in [6.07, 6.45) is 0. The van der Waals surface area contributed by atoms with Crippen LogP contribution in [0.3, 0.4) is 0 Å². The van der Waals surface area contributed by atoms with Crippen LogP contribution in [-0.4, -0.2) is 41.0 Å². The highest BCUT2D eigenvalue weighted by Crippen LogP contribution is 2.25. The van der Waals surface area contributed by atoms with Gasteiger partial charge in [-0.1, -0.05) is 12.1 Å². The van der Waals surface area contributed by atoms with E-state index in [0.717, 1.165) is 17.1 Å². The minimum atomic E-state index is -0.131. The van der Waals surface area contributed by atoms with Crippen molar-refractivity contribution in [3.05, 3.63) is 35.3 Å². The Morgan fingerprint density at radius 3 is 2.62 bits per heavy atom. The second-order valence-electron chi connectivity index (χ2n) is 6.34. The van der Waals surface area contributed by atoms with Crippen LogP contribution in [0.15, 0.2) is 29.6 Å². The zero-order valence-corrected chi connectivity index (χ0v) is 15.6. The Kier molecular flexibility index (Phi) is 6.34. The van der Waals surface area contributed by atoms with Crippen LogP contribution in [0.1, 0.15) is 38.2 Å². The zero-order valence-electron chi connectivity index (χ0n) is 14.7. The first-order chi connectivity index (χ1) is 11.4. The van der Waals surface area contributed by atoms with Gasteiger partial charge in [0.15, 0.2) is 0 Å². The van der Waals surface area contributed by atoms with Gasteiger partial charge in [0.2, 0.25) is 0 Å². The molecule has 0 aliphatic heterocycles. The van der Waals surface area contributed by atoms with Gasteiger partial charge >= 0.3 is 0 Å². The van der Waals surface area contributed by atoms with Crippen molar-refractivity contribution in [1.29, 1.82) is 0 Å². The predicted octanol–water partition coefficient (Wildman–Crippen LogP) is 3.24. The number of nitrogens with one attached hydrogen (secondary N) is 1. The van der Waals surface area contributed by atoms with Crippen LogP contribution in [0.25, 0.3) is 10.6 Å². The standard InChI is InChI=1S/C18H26N4OS/c1-12(2)22(13(3)4)9-8-20-17(23)16-11-24-18(21-16)14-6-5-7-15(19)10-14/h5-7,10-13H,8-9,19H2,1-4H3,(H,20,23). The molecule has 6 heteroatoms. The maximum Gasteiger partial charge on any atom is 0.270 e. The molecule has 1 heterocycles. The van der Waals surface area contributed by atoms with E-state index in [4.69, 9.17) is 5.73 Å². The van der Waals surface area contributed by atoms with Crippen LogP contribution >= 0.6 is 11.3 Å². The molecule has 0 aliphatic rings. The lowest BCUT2D eigenvalue weighted by Crippen LogP contribution is -2.42. The van der Waals surface area contributed by atoms with Crippen molar-refractivity contribution in [2.45, 2.75) is 39.8 Å². The second-order valence-corrected chi connectivity index (χ2v) is 7.20. The quantitative estimate of drug-likeness (QED) is 0.755. The molecule has 130 valence electrons. The number of nitrogens with zero attached hydrogens (tertiary/aromatic N) is 2. The van der Waals surface area contributed by atoms with Crippen molar-refractivity contribution in [3.8, 4) is 10.6 Å². The van der Waals surface area contributed by atoms with E-state index < -0.39 is 0 Å². The number of aromatic nitrogens is 1. The lowest BCUT2D eigenvalue weighted by Gasteiger charge is -2.30. The SMILES string of the molecule is CC(C)N(CCNC(=O)c1csc(-c2cccc(N)c2)n1)C(C)C. The zero-order chi connectivity index (χ0) is 17.7. The summed E-state index contributed by atoms with van der Waals surface area (Å²) in [5.41, 5.74) is 7.88. The number of rotatable bonds is 7. The number of benzene rings is 1. The number of nitrogen functional groups attached to an aromatic ring is 1. The largest absolute Gasteiger partial charge is 0.399 e. The van der Waals surface area contributed by atoms with E-state index in [0.29, 0.717) is 30.0 Å². The summed E-state index contributed by atoms with van der Waals surface area (Å²) in [5.74, 6) is -0.131. The summed E-state index contributed by atoms with van der Waals surface area (Å²) < 4.78 is 0. The van der Waals surface area contributed by atoms with E-state index in [1.807, 2.05) is 24.3 Å². The first-order valence-electron chi connectivity index (χ1n) is 8.24. The van der Waals surface area contributed by atoms with E-state index in [1.165, 1.54) is 11.3 Å². The summed E-state index contributed by atoms with van der Waals surface area (Å²) >= 11 is 1.45. The van der Waals surface area contributed by atoms with Crippen LogP contribution in [0.2, 0.25) is 0 Å². The summed E-state index contributed by atoms with van der Waals surface area (Å²) in [6.45, 7) is 10.1. The lowest BCUT2D eigenvalue weighted by molar-refractivity contribution is 0.0935. The van der Waals surface area contributed by atoms with Gasteiger partial charge in [-0.05, 0) is 39.8 Å². The van der Waals surface area contributed by atoms with Crippen LogP contribution in [0, 0.1) is 0 Å². The molecule has 0 atom stereocenters. The van der Waals surface area contributed by atoms with Gasteiger partial charge in [-0.2, -0.15) is 0 Å². The molecular formula is C18H26N4OS. The molecule has 1 aromatic heterocycles. The smallest absolute Gasteiger partial charge is 0.270 e. The molecule has 5 nitrogen and oxygen atoms in total. The third-order valence-electron chi connectivity index (χ3n) is 3.85. The highest BCUT2D eigenvalue weighted by molar-refractivity contribution is 7.13. The molecule has 0 saturated carbocycles. The van der Waals surface area contributed by atoms with Crippen molar-refractivity contribution in [2.24, 2.45) is 0 Å². The van der Waals surface area contributed by atoms with E-state index in [9.17, 15) is 4.79 Å². The Morgan fingerprint density at radius 2 is 2.00 bits per heavy atom. The minimum Gasteiger partial charge on any atom is -0.399 e. The number of carbonyl (C=O) groups excluding carboxylic acids is 1. The molecule has 2 rings (SSSR count). The fourth-order valence-corrected chi connectivity index (χ4v) is 3.48. The molecule has 0 spiro atoms.